The Labute approximate surface area is 92.1 Å². The summed E-state index contributed by atoms with van der Waals surface area (Å²) in [6.45, 7) is 0.353. The molecule has 2 rings (SSSR count). The fourth-order valence-corrected chi connectivity index (χ4v) is 1.16. The van der Waals surface area contributed by atoms with E-state index in [2.05, 4.69) is 25.6 Å². The van der Waals surface area contributed by atoms with Crippen molar-refractivity contribution < 1.29 is 4.79 Å². The molecular formula is C10H11N5O. The second-order valence-electron chi connectivity index (χ2n) is 3.06. The van der Waals surface area contributed by atoms with Gasteiger partial charge in [0, 0.05) is 18.6 Å². The van der Waals surface area contributed by atoms with Crippen molar-refractivity contribution in [1.29, 1.82) is 0 Å². The maximum Gasteiger partial charge on any atom is 0.320 e. The number of urea groups is 1. The van der Waals surface area contributed by atoms with Crippen molar-refractivity contribution in [2.75, 3.05) is 5.32 Å². The lowest BCUT2D eigenvalue weighted by Gasteiger charge is -2.04. The van der Waals surface area contributed by atoms with Gasteiger partial charge in [0.1, 0.15) is 11.6 Å². The number of anilines is 1. The molecule has 0 aromatic carbocycles. The van der Waals surface area contributed by atoms with Crippen molar-refractivity contribution in [3.63, 3.8) is 0 Å². The molecule has 0 saturated carbocycles. The Morgan fingerprint density at radius 1 is 1.31 bits per heavy atom. The largest absolute Gasteiger partial charge is 0.347 e. The predicted molar refractivity (Wildman–Crippen MR) is 58.7 cm³/mol. The first-order chi connectivity index (χ1) is 7.84. The lowest BCUT2D eigenvalue weighted by molar-refractivity contribution is 0.251. The molecule has 3 N–H and O–H groups in total. The zero-order valence-corrected chi connectivity index (χ0v) is 8.47. The summed E-state index contributed by atoms with van der Waals surface area (Å²) in [6, 6.07) is 4.99. The number of rotatable bonds is 3. The number of carbonyl (C=O) groups excluding carboxylic acids is 1. The van der Waals surface area contributed by atoms with Crippen LogP contribution >= 0.6 is 0 Å². The Balaban J connectivity index is 1.81. The number of aromatic amines is 1. The van der Waals surface area contributed by atoms with Crippen molar-refractivity contribution in [2.24, 2.45) is 0 Å². The fraction of sp³-hybridized carbons (Fsp3) is 0.100. The highest BCUT2D eigenvalue weighted by molar-refractivity contribution is 5.87. The molecule has 0 aliphatic rings. The summed E-state index contributed by atoms with van der Waals surface area (Å²) in [5, 5.41) is 5.25. The molecule has 2 aromatic rings. The minimum absolute atomic E-state index is 0.310. The standard InChI is InChI=1S/C10H11N5O/c16-10(14-7-9-12-5-6-13-9)15-8-3-1-2-4-11-8/h1-6H,7H2,(H,12,13)(H2,11,14,15,16). The maximum absolute atomic E-state index is 11.4. The van der Waals surface area contributed by atoms with Crippen LogP contribution in [0.1, 0.15) is 5.82 Å². The topological polar surface area (TPSA) is 82.7 Å². The number of nitrogens with one attached hydrogen (secondary N) is 3. The second kappa shape index (κ2) is 4.92. The van der Waals surface area contributed by atoms with Gasteiger partial charge in [0.25, 0.3) is 0 Å². The van der Waals surface area contributed by atoms with Crippen molar-refractivity contribution in [2.45, 2.75) is 6.54 Å². The molecule has 6 nitrogen and oxygen atoms in total. The molecule has 2 aromatic heterocycles. The smallest absolute Gasteiger partial charge is 0.320 e. The zero-order valence-electron chi connectivity index (χ0n) is 8.47. The molecule has 6 heteroatoms. The van der Waals surface area contributed by atoms with Gasteiger partial charge in [-0.25, -0.2) is 14.8 Å². The molecule has 16 heavy (non-hydrogen) atoms. The van der Waals surface area contributed by atoms with Gasteiger partial charge in [0.15, 0.2) is 0 Å². The highest BCUT2D eigenvalue weighted by Crippen LogP contribution is 1.99. The van der Waals surface area contributed by atoms with E-state index in [1.165, 1.54) is 0 Å². The Morgan fingerprint density at radius 2 is 2.25 bits per heavy atom. The highest BCUT2D eigenvalue weighted by Gasteiger charge is 2.02. The number of hydrogen-bond donors (Lipinski definition) is 3. The SMILES string of the molecule is O=C(NCc1ncc[nH]1)Nc1ccccn1. The molecule has 0 fully saturated rings. The average molecular weight is 217 g/mol. The molecule has 0 atom stereocenters. The highest BCUT2D eigenvalue weighted by atomic mass is 16.2. The number of amides is 2. The number of carbonyl (C=O) groups is 1. The van der Waals surface area contributed by atoms with Crippen molar-refractivity contribution in [1.82, 2.24) is 20.3 Å². The number of hydrogen-bond acceptors (Lipinski definition) is 3. The second-order valence-corrected chi connectivity index (χ2v) is 3.06. The van der Waals surface area contributed by atoms with E-state index in [4.69, 9.17) is 0 Å². The van der Waals surface area contributed by atoms with Crippen LogP contribution in [0.2, 0.25) is 0 Å². The monoisotopic (exact) mass is 217 g/mol. The van der Waals surface area contributed by atoms with E-state index in [9.17, 15) is 4.79 Å². The van der Waals surface area contributed by atoms with E-state index in [1.807, 2.05) is 0 Å². The Kier molecular flexibility index (Phi) is 3.12. The van der Waals surface area contributed by atoms with Gasteiger partial charge in [-0.2, -0.15) is 0 Å². The number of nitrogens with zero attached hydrogens (tertiary/aromatic N) is 2. The van der Waals surface area contributed by atoms with E-state index in [0.717, 1.165) is 0 Å². The van der Waals surface area contributed by atoms with Gasteiger partial charge in [-0.1, -0.05) is 6.07 Å². The zero-order chi connectivity index (χ0) is 11.2. The van der Waals surface area contributed by atoms with Crippen LogP contribution in [0.4, 0.5) is 10.6 Å². The van der Waals surface area contributed by atoms with Crippen LogP contribution < -0.4 is 10.6 Å². The molecule has 0 radical (unpaired) electrons. The maximum atomic E-state index is 11.4. The van der Waals surface area contributed by atoms with Gasteiger partial charge < -0.3 is 10.3 Å². The third kappa shape index (κ3) is 2.81. The van der Waals surface area contributed by atoms with Crippen LogP contribution in [-0.4, -0.2) is 21.0 Å². The summed E-state index contributed by atoms with van der Waals surface area (Å²) in [5.41, 5.74) is 0. The van der Waals surface area contributed by atoms with Crippen LogP contribution in [-0.2, 0) is 6.54 Å². The van der Waals surface area contributed by atoms with Gasteiger partial charge >= 0.3 is 6.03 Å². The van der Waals surface area contributed by atoms with Crippen molar-refractivity contribution >= 4 is 11.8 Å². The molecule has 0 bridgehead atoms. The van der Waals surface area contributed by atoms with Gasteiger partial charge in [-0.05, 0) is 12.1 Å². The minimum atomic E-state index is -0.310. The van der Waals surface area contributed by atoms with E-state index in [0.29, 0.717) is 18.2 Å². The summed E-state index contributed by atoms with van der Waals surface area (Å²) in [7, 11) is 0. The Bertz CT molecular complexity index is 439. The number of imidazole rings is 1. The third-order valence-corrected chi connectivity index (χ3v) is 1.88. The van der Waals surface area contributed by atoms with Crippen LogP contribution in [0.3, 0.4) is 0 Å². The molecule has 0 unspecified atom stereocenters. The van der Waals surface area contributed by atoms with Crippen molar-refractivity contribution in [3.05, 3.63) is 42.6 Å². The minimum Gasteiger partial charge on any atom is -0.347 e. The molecule has 0 aliphatic heterocycles. The molecule has 2 amide bonds. The quantitative estimate of drug-likeness (QED) is 0.720. The van der Waals surface area contributed by atoms with E-state index in [-0.39, 0.29) is 6.03 Å². The van der Waals surface area contributed by atoms with Crippen LogP contribution in [0, 0.1) is 0 Å². The molecule has 82 valence electrons. The molecule has 0 saturated heterocycles. The summed E-state index contributed by atoms with van der Waals surface area (Å²) >= 11 is 0. The Morgan fingerprint density at radius 3 is 2.94 bits per heavy atom. The summed E-state index contributed by atoms with van der Waals surface area (Å²) in [5.74, 6) is 1.22. The van der Waals surface area contributed by atoms with Crippen LogP contribution in [0.25, 0.3) is 0 Å². The first-order valence-electron chi connectivity index (χ1n) is 4.79. The third-order valence-electron chi connectivity index (χ3n) is 1.88. The van der Waals surface area contributed by atoms with Crippen LogP contribution in [0.5, 0.6) is 0 Å². The lowest BCUT2D eigenvalue weighted by Crippen LogP contribution is -2.28. The lowest BCUT2D eigenvalue weighted by atomic mass is 10.5. The van der Waals surface area contributed by atoms with Gasteiger partial charge in [0.2, 0.25) is 0 Å². The van der Waals surface area contributed by atoms with Gasteiger partial charge in [-0.15, -0.1) is 0 Å². The Hall–Kier alpha value is -2.37. The number of pyridine rings is 1. The molecule has 2 heterocycles. The fourth-order valence-electron chi connectivity index (χ4n) is 1.16. The summed E-state index contributed by atoms with van der Waals surface area (Å²) in [6.07, 6.45) is 4.95. The first kappa shape index (κ1) is 10.2. The van der Waals surface area contributed by atoms with E-state index >= 15 is 0 Å². The normalized spacial score (nSPS) is 9.75. The van der Waals surface area contributed by atoms with Crippen LogP contribution in [0.15, 0.2) is 36.8 Å². The van der Waals surface area contributed by atoms with Gasteiger partial charge in [0.05, 0.1) is 6.54 Å². The number of aromatic nitrogens is 3. The predicted octanol–water partition coefficient (Wildman–Crippen LogP) is 1.13. The molecule has 0 aliphatic carbocycles. The first-order valence-corrected chi connectivity index (χ1v) is 4.79. The molecular weight excluding hydrogens is 206 g/mol. The summed E-state index contributed by atoms with van der Waals surface area (Å²) in [4.78, 5) is 22.2. The number of H-pyrrole nitrogens is 1. The van der Waals surface area contributed by atoms with E-state index < -0.39 is 0 Å². The molecule has 0 spiro atoms. The average Bonchev–Trinajstić information content (AvgIpc) is 2.81. The van der Waals surface area contributed by atoms with E-state index in [1.54, 1.807) is 36.8 Å². The summed E-state index contributed by atoms with van der Waals surface area (Å²) < 4.78 is 0. The van der Waals surface area contributed by atoms with Crippen molar-refractivity contribution in [3.8, 4) is 0 Å². The van der Waals surface area contributed by atoms with Gasteiger partial charge in [-0.3, -0.25) is 5.32 Å².